The van der Waals surface area contributed by atoms with E-state index < -0.39 is 10.0 Å². The lowest BCUT2D eigenvalue weighted by atomic mass is 9.87. The van der Waals surface area contributed by atoms with E-state index in [1.807, 2.05) is 6.07 Å². The zero-order chi connectivity index (χ0) is 22.7. The highest BCUT2D eigenvalue weighted by Crippen LogP contribution is 2.41. The van der Waals surface area contributed by atoms with Crippen LogP contribution in [0.15, 0.2) is 12.1 Å². The van der Waals surface area contributed by atoms with Crippen LogP contribution in [0.2, 0.25) is 5.02 Å². The minimum absolute atomic E-state index is 0.0303. The minimum Gasteiger partial charge on any atom is -0.491 e. The number of carbonyl (C=O) groups excluding carboxylic acids is 2. The molecule has 4 rings (SSSR count). The Bertz CT molecular complexity index is 980. The highest BCUT2D eigenvalue weighted by atomic mass is 35.5. The lowest BCUT2D eigenvalue weighted by Gasteiger charge is -2.28. The highest BCUT2D eigenvalue weighted by Gasteiger charge is 2.29. The zero-order valence-electron chi connectivity index (χ0n) is 18.1. The number of nitrogens with zero attached hydrogens (tertiary/aromatic N) is 1. The van der Waals surface area contributed by atoms with E-state index in [9.17, 15) is 18.0 Å². The van der Waals surface area contributed by atoms with E-state index >= 15 is 0 Å². The second kappa shape index (κ2) is 9.97. The molecule has 1 aromatic carbocycles. The quantitative estimate of drug-likeness (QED) is 0.371. The number of hydrogen-bond donors (Lipinski definition) is 2. The van der Waals surface area contributed by atoms with E-state index in [0.717, 1.165) is 30.4 Å². The number of benzene rings is 1. The van der Waals surface area contributed by atoms with Gasteiger partial charge in [-0.15, -0.1) is 0 Å². The third kappa shape index (κ3) is 5.94. The number of rotatable bonds is 11. The van der Waals surface area contributed by atoms with Crippen LogP contribution in [-0.4, -0.2) is 50.7 Å². The maximum absolute atomic E-state index is 12.7. The molecule has 1 aliphatic heterocycles. The lowest BCUT2D eigenvalue weighted by molar-refractivity contribution is -0.118. The number of nitrogens with one attached hydrogen (secondary N) is 2. The number of carbonyl (C=O) groups is 2. The molecule has 1 heterocycles. The van der Waals surface area contributed by atoms with Crippen LogP contribution in [-0.2, 0) is 21.2 Å². The van der Waals surface area contributed by atoms with Crippen molar-refractivity contribution in [3.8, 4) is 5.75 Å². The van der Waals surface area contributed by atoms with Crippen LogP contribution in [0.1, 0.15) is 62.1 Å². The van der Waals surface area contributed by atoms with Gasteiger partial charge in [-0.05, 0) is 62.5 Å². The van der Waals surface area contributed by atoms with Gasteiger partial charge in [-0.3, -0.25) is 10.1 Å². The highest BCUT2D eigenvalue weighted by molar-refractivity contribution is 7.89. The molecule has 0 aromatic heterocycles. The van der Waals surface area contributed by atoms with Gasteiger partial charge in [-0.1, -0.05) is 24.1 Å². The van der Waals surface area contributed by atoms with Crippen molar-refractivity contribution in [2.75, 3.05) is 25.4 Å². The Morgan fingerprint density at radius 1 is 1.16 bits per heavy atom. The van der Waals surface area contributed by atoms with Crippen molar-refractivity contribution in [3.05, 3.63) is 28.3 Å². The zero-order valence-corrected chi connectivity index (χ0v) is 19.6. The van der Waals surface area contributed by atoms with Crippen LogP contribution in [0.25, 0.3) is 0 Å². The van der Waals surface area contributed by atoms with E-state index in [2.05, 4.69) is 10.0 Å². The molecular weight excluding hydrogens is 454 g/mol. The Kier molecular flexibility index (Phi) is 7.27. The summed E-state index contributed by atoms with van der Waals surface area (Å²) in [5.74, 6) is 1.06. The van der Waals surface area contributed by atoms with Crippen molar-refractivity contribution < 1.29 is 22.7 Å². The average molecular weight is 484 g/mol. The van der Waals surface area contributed by atoms with E-state index in [0.29, 0.717) is 49.1 Å². The second-order valence-electron chi connectivity index (χ2n) is 8.92. The van der Waals surface area contributed by atoms with Crippen molar-refractivity contribution in [3.63, 3.8) is 0 Å². The Labute approximate surface area is 194 Å². The number of ether oxygens (including phenoxy) is 1. The van der Waals surface area contributed by atoms with Crippen LogP contribution in [0, 0.1) is 5.92 Å². The standard InChI is InChI=1S/C22H30ClN3O5S/c23-18-10-9-16-17(21(18)31-14-15-7-8-15)5-4-6-19(16)25-32(29,30)12-3-1-2-11-26-13-20(27)24-22(26)28/h9-10,15,19,25H,1-8,11-14H2,(H,24,27,28)/t19-/m1/s1. The number of sulfonamides is 1. The fourth-order valence-corrected chi connectivity index (χ4v) is 5.92. The maximum Gasteiger partial charge on any atom is 0.324 e. The number of halogens is 1. The first-order valence-corrected chi connectivity index (χ1v) is 13.4. The molecular formula is C22H30ClN3O5S. The summed E-state index contributed by atoms with van der Waals surface area (Å²) in [6.07, 6.45) is 6.65. The summed E-state index contributed by atoms with van der Waals surface area (Å²) in [5, 5.41) is 2.82. The largest absolute Gasteiger partial charge is 0.491 e. The van der Waals surface area contributed by atoms with Gasteiger partial charge in [0.15, 0.2) is 0 Å². The molecule has 1 saturated carbocycles. The van der Waals surface area contributed by atoms with Crippen LogP contribution in [0.5, 0.6) is 5.75 Å². The first-order valence-electron chi connectivity index (χ1n) is 11.4. The summed E-state index contributed by atoms with van der Waals surface area (Å²) in [6.45, 7) is 1.20. The Hall–Kier alpha value is -1.84. The van der Waals surface area contributed by atoms with Crippen LogP contribution >= 0.6 is 11.6 Å². The Morgan fingerprint density at radius 3 is 2.69 bits per heavy atom. The molecule has 0 unspecified atom stereocenters. The number of urea groups is 1. The number of hydrogen-bond acceptors (Lipinski definition) is 5. The van der Waals surface area contributed by atoms with Gasteiger partial charge >= 0.3 is 6.03 Å². The molecule has 0 radical (unpaired) electrons. The molecule has 10 heteroatoms. The van der Waals surface area contributed by atoms with Crippen molar-refractivity contribution >= 4 is 33.6 Å². The molecule has 3 aliphatic rings. The number of fused-ring (bicyclic) bond motifs is 1. The topological polar surface area (TPSA) is 105 Å². The third-order valence-electron chi connectivity index (χ3n) is 6.23. The summed E-state index contributed by atoms with van der Waals surface area (Å²) >= 11 is 6.40. The van der Waals surface area contributed by atoms with Crippen LogP contribution in [0.4, 0.5) is 4.79 Å². The molecule has 1 aromatic rings. The summed E-state index contributed by atoms with van der Waals surface area (Å²) < 4.78 is 34.3. The fraction of sp³-hybridized carbons (Fsp3) is 0.636. The average Bonchev–Trinajstić information content (AvgIpc) is 3.50. The Morgan fingerprint density at radius 2 is 1.97 bits per heavy atom. The van der Waals surface area contributed by atoms with Gasteiger partial charge < -0.3 is 9.64 Å². The van der Waals surface area contributed by atoms with Crippen molar-refractivity contribution in [1.29, 1.82) is 0 Å². The van der Waals surface area contributed by atoms with Gasteiger partial charge in [0.2, 0.25) is 15.9 Å². The molecule has 2 aliphatic carbocycles. The smallest absolute Gasteiger partial charge is 0.324 e. The molecule has 0 spiro atoms. The molecule has 176 valence electrons. The van der Waals surface area contributed by atoms with Crippen LogP contribution < -0.4 is 14.8 Å². The summed E-state index contributed by atoms with van der Waals surface area (Å²) in [6, 6.07) is 3.06. The molecule has 2 N–H and O–H groups in total. The van der Waals surface area contributed by atoms with Gasteiger partial charge in [0.05, 0.1) is 17.4 Å². The molecule has 3 amide bonds. The minimum atomic E-state index is -3.45. The summed E-state index contributed by atoms with van der Waals surface area (Å²) in [5.41, 5.74) is 1.98. The predicted molar refractivity (Wildman–Crippen MR) is 121 cm³/mol. The Balaban J connectivity index is 1.29. The van der Waals surface area contributed by atoms with Gasteiger partial charge in [0, 0.05) is 18.2 Å². The normalized spacial score (nSPS) is 20.9. The molecule has 32 heavy (non-hydrogen) atoms. The first-order chi connectivity index (χ1) is 15.3. The predicted octanol–water partition coefficient (Wildman–Crippen LogP) is 3.15. The SMILES string of the molecule is O=C1CN(CCCCCS(=O)(=O)N[C@@H]2CCCc3c2ccc(Cl)c3OCC2CC2)C(=O)N1. The number of amides is 3. The third-order valence-corrected chi connectivity index (χ3v) is 8.00. The van der Waals surface area contributed by atoms with Crippen molar-refractivity contribution in [2.24, 2.45) is 5.92 Å². The van der Waals surface area contributed by atoms with E-state index in [4.69, 9.17) is 16.3 Å². The fourth-order valence-electron chi connectivity index (χ4n) is 4.31. The monoisotopic (exact) mass is 483 g/mol. The van der Waals surface area contributed by atoms with Crippen molar-refractivity contribution in [2.45, 2.75) is 57.4 Å². The van der Waals surface area contributed by atoms with Gasteiger partial charge in [-0.2, -0.15) is 0 Å². The lowest BCUT2D eigenvalue weighted by Crippen LogP contribution is -2.33. The molecule has 2 fully saturated rings. The number of imide groups is 1. The van der Waals surface area contributed by atoms with Gasteiger partial charge in [0.25, 0.3) is 0 Å². The van der Waals surface area contributed by atoms with E-state index in [1.54, 1.807) is 6.07 Å². The summed E-state index contributed by atoms with van der Waals surface area (Å²) in [4.78, 5) is 24.2. The van der Waals surface area contributed by atoms with Gasteiger partial charge in [0.1, 0.15) is 12.3 Å². The van der Waals surface area contributed by atoms with Gasteiger partial charge in [-0.25, -0.2) is 17.9 Å². The second-order valence-corrected chi connectivity index (χ2v) is 11.2. The molecule has 1 saturated heterocycles. The van der Waals surface area contributed by atoms with E-state index in [1.165, 1.54) is 17.7 Å². The van der Waals surface area contributed by atoms with Crippen molar-refractivity contribution in [1.82, 2.24) is 14.9 Å². The number of unbranched alkanes of at least 4 members (excludes halogenated alkanes) is 2. The molecule has 1 atom stereocenters. The molecule has 0 bridgehead atoms. The maximum atomic E-state index is 12.7. The van der Waals surface area contributed by atoms with E-state index in [-0.39, 0.29) is 30.3 Å². The molecule has 8 nitrogen and oxygen atoms in total. The summed E-state index contributed by atoms with van der Waals surface area (Å²) in [7, 11) is -3.45. The first kappa shape index (κ1) is 23.3. The van der Waals surface area contributed by atoms with Crippen LogP contribution in [0.3, 0.4) is 0 Å².